The van der Waals surface area contributed by atoms with E-state index in [9.17, 15) is 0 Å². The van der Waals surface area contributed by atoms with Crippen LogP contribution in [0.5, 0.6) is 0 Å². The second kappa shape index (κ2) is 5.50. The van der Waals surface area contributed by atoms with Crippen molar-refractivity contribution < 1.29 is 0 Å². The molecule has 2 aliphatic rings. The summed E-state index contributed by atoms with van der Waals surface area (Å²) >= 11 is 0. The molecule has 94 valence electrons. The maximum atomic E-state index is 3.53. The highest BCUT2D eigenvalue weighted by Gasteiger charge is 2.35. The van der Waals surface area contributed by atoms with E-state index >= 15 is 0 Å². The summed E-state index contributed by atoms with van der Waals surface area (Å²) in [5, 5.41) is 3.53. The van der Waals surface area contributed by atoms with E-state index in [1.54, 1.807) is 0 Å². The predicted molar refractivity (Wildman–Crippen MR) is 69.7 cm³/mol. The molecule has 1 aliphatic carbocycles. The molecule has 0 spiro atoms. The van der Waals surface area contributed by atoms with Crippen molar-refractivity contribution in [2.24, 2.45) is 5.41 Å². The van der Waals surface area contributed by atoms with Gasteiger partial charge in [0.15, 0.2) is 0 Å². The Morgan fingerprint density at radius 3 is 2.62 bits per heavy atom. The Hall–Kier alpha value is -0.0800. The van der Waals surface area contributed by atoms with Crippen LogP contribution in [-0.2, 0) is 0 Å². The average Bonchev–Trinajstić information content (AvgIpc) is 2.79. The second-order valence-electron chi connectivity index (χ2n) is 5.80. The molecular weight excluding hydrogens is 196 g/mol. The Morgan fingerprint density at radius 2 is 2.00 bits per heavy atom. The fourth-order valence-electron chi connectivity index (χ4n) is 3.59. The van der Waals surface area contributed by atoms with Gasteiger partial charge in [-0.2, -0.15) is 0 Å². The number of hydrogen-bond donors (Lipinski definition) is 1. The number of piperazine rings is 1. The molecular formula is C14H28N2. The average molecular weight is 224 g/mol. The molecule has 1 saturated heterocycles. The highest BCUT2D eigenvalue weighted by molar-refractivity contribution is 4.90. The van der Waals surface area contributed by atoms with Crippen molar-refractivity contribution in [3.8, 4) is 0 Å². The van der Waals surface area contributed by atoms with Crippen molar-refractivity contribution in [1.29, 1.82) is 0 Å². The SMILES string of the molecule is CCC1CNCCN1CC1(CC)CCCC1. The Kier molecular flexibility index (Phi) is 4.26. The van der Waals surface area contributed by atoms with Gasteiger partial charge in [-0.15, -0.1) is 0 Å². The third kappa shape index (κ3) is 2.60. The first-order valence-electron chi connectivity index (χ1n) is 7.24. The number of rotatable bonds is 4. The molecule has 1 unspecified atom stereocenters. The van der Waals surface area contributed by atoms with Gasteiger partial charge in [0.2, 0.25) is 0 Å². The van der Waals surface area contributed by atoms with Crippen LogP contribution in [0.3, 0.4) is 0 Å². The van der Waals surface area contributed by atoms with Gasteiger partial charge in [-0.05, 0) is 31.1 Å². The summed E-state index contributed by atoms with van der Waals surface area (Å²) in [6.07, 6.45) is 8.57. The van der Waals surface area contributed by atoms with Gasteiger partial charge in [-0.1, -0.05) is 26.7 Å². The zero-order valence-electron chi connectivity index (χ0n) is 11.1. The summed E-state index contributed by atoms with van der Waals surface area (Å²) in [7, 11) is 0. The molecule has 16 heavy (non-hydrogen) atoms. The van der Waals surface area contributed by atoms with Crippen molar-refractivity contribution in [3.05, 3.63) is 0 Å². The van der Waals surface area contributed by atoms with Crippen LogP contribution in [0, 0.1) is 5.41 Å². The van der Waals surface area contributed by atoms with Crippen LogP contribution in [0.15, 0.2) is 0 Å². The molecule has 2 nitrogen and oxygen atoms in total. The van der Waals surface area contributed by atoms with Gasteiger partial charge >= 0.3 is 0 Å². The minimum absolute atomic E-state index is 0.671. The molecule has 0 amide bonds. The summed E-state index contributed by atoms with van der Waals surface area (Å²) in [4.78, 5) is 2.77. The largest absolute Gasteiger partial charge is 0.314 e. The zero-order chi connectivity index (χ0) is 11.4. The van der Waals surface area contributed by atoms with Crippen LogP contribution in [0.4, 0.5) is 0 Å². The quantitative estimate of drug-likeness (QED) is 0.790. The highest BCUT2D eigenvalue weighted by Crippen LogP contribution is 2.42. The molecule has 0 radical (unpaired) electrons. The maximum Gasteiger partial charge on any atom is 0.0218 e. The third-order valence-corrected chi connectivity index (χ3v) is 4.90. The van der Waals surface area contributed by atoms with Gasteiger partial charge in [0, 0.05) is 32.2 Å². The van der Waals surface area contributed by atoms with E-state index in [1.165, 1.54) is 64.7 Å². The fourth-order valence-corrected chi connectivity index (χ4v) is 3.59. The summed E-state index contributed by atoms with van der Waals surface area (Å²) in [5.41, 5.74) is 0.671. The zero-order valence-corrected chi connectivity index (χ0v) is 11.1. The molecule has 0 aromatic rings. The normalized spacial score (nSPS) is 30.8. The number of hydrogen-bond acceptors (Lipinski definition) is 2. The molecule has 0 aromatic carbocycles. The summed E-state index contributed by atoms with van der Waals surface area (Å²) in [5.74, 6) is 0. The first-order valence-corrected chi connectivity index (χ1v) is 7.24. The number of nitrogens with zero attached hydrogens (tertiary/aromatic N) is 1. The molecule has 0 aromatic heterocycles. The van der Waals surface area contributed by atoms with Crippen molar-refractivity contribution in [3.63, 3.8) is 0 Å². The van der Waals surface area contributed by atoms with Crippen molar-refractivity contribution in [2.45, 2.75) is 58.4 Å². The van der Waals surface area contributed by atoms with Gasteiger partial charge in [-0.25, -0.2) is 0 Å². The van der Waals surface area contributed by atoms with Gasteiger partial charge in [0.05, 0.1) is 0 Å². The van der Waals surface area contributed by atoms with E-state index in [-0.39, 0.29) is 0 Å². The lowest BCUT2D eigenvalue weighted by Gasteiger charge is -2.41. The predicted octanol–water partition coefficient (Wildman–Crippen LogP) is 2.64. The van der Waals surface area contributed by atoms with E-state index in [0.717, 1.165) is 6.04 Å². The van der Waals surface area contributed by atoms with Gasteiger partial charge in [0.25, 0.3) is 0 Å². The summed E-state index contributed by atoms with van der Waals surface area (Å²) < 4.78 is 0. The van der Waals surface area contributed by atoms with Crippen LogP contribution >= 0.6 is 0 Å². The molecule has 2 heteroatoms. The second-order valence-corrected chi connectivity index (χ2v) is 5.80. The van der Waals surface area contributed by atoms with Crippen LogP contribution in [0.1, 0.15) is 52.4 Å². The Balaban J connectivity index is 1.95. The van der Waals surface area contributed by atoms with Crippen molar-refractivity contribution in [1.82, 2.24) is 10.2 Å². The molecule has 2 rings (SSSR count). The highest BCUT2D eigenvalue weighted by atomic mass is 15.2. The topological polar surface area (TPSA) is 15.3 Å². The van der Waals surface area contributed by atoms with E-state index < -0.39 is 0 Å². The van der Waals surface area contributed by atoms with Crippen LogP contribution in [0.2, 0.25) is 0 Å². The Bertz CT molecular complexity index is 209. The smallest absolute Gasteiger partial charge is 0.0218 e. The molecule has 1 heterocycles. The first-order chi connectivity index (χ1) is 7.79. The van der Waals surface area contributed by atoms with Crippen LogP contribution in [0.25, 0.3) is 0 Å². The Morgan fingerprint density at radius 1 is 1.25 bits per heavy atom. The van der Waals surface area contributed by atoms with E-state index in [1.807, 2.05) is 0 Å². The lowest BCUT2D eigenvalue weighted by Crippen LogP contribution is -2.53. The monoisotopic (exact) mass is 224 g/mol. The first kappa shape index (κ1) is 12.4. The van der Waals surface area contributed by atoms with Crippen molar-refractivity contribution in [2.75, 3.05) is 26.2 Å². The van der Waals surface area contributed by atoms with Crippen LogP contribution < -0.4 is 5.32 Å². The molecule has 1 aliphatic heterocycles. The Labute approximate surface area is 101 Å². The molecule has 1 saturated carbocycles. The molecule has 2 fully saturated rings. The molecule has 1 N–H and O–H groups in total. The van der Waals surface area contributed by atoms with Crippen LogP contribution in [-0.4, -0.2) is 37.1 Å². The van der Waals surface area contributed by atoms with E-state index in [4.69, 9.17) is 0 Å². The molecule has 0 bridgehead atoms. The van der Waals surface area contributed by atoms with E-state index in [0.29, 0.717) is 5.41 Å². The minimum Gasteiger partial charge on any atom is -0.314 e. The van der Waals surface area contributed by atoms with Crippen molar-refractivity contribution >= 4 is 0 Å². The summed E-state index contributed by atoms with van der Waals surface area (Å²) in [6.45, 7) is 9.75. The fraction of sp³-hybridized carbons (Fsp3) is 1.00. The lowest BCUT2D eigenvalue weighted by molar-refractivity contribution is 0.0857. The minimum atomic E-state index is 0.671. The number of nitrogens with one attached hydrogen (secondary N) is 1. The maximum absolute atomic E-state index is 3.53. The molecule has 1 atom stereocenters. The lowest BCUT2D eigenvalue weighted by atomic mass is 9.82. The van der Waals surface area contributed by atoms with Gasteiger partial charge < -0.3 is 5.32 Å². The van der Waals surface area contributed by atoms with Gasteiger partial charge in [0.1, 0.15) is 0 Å². The third-order valence-electron chi connectivity index (χ3n) is 4.90. The van der Waals surface area contributed by atoms with Gasteiger partial charge in [-0.3, -0.25) is 4.90 Å². The van der Waals surface area contributed by atoms with E-state index in [2.05, 4.69) is 24.1 Å². The summed E-state index contributed by atoms with van der Waals surface area (Å²) in [6, 6.07) is 0.790. The standard InChI is InChI=1S/C14H28N2/c1-3-13-11-15-9-10-16(13)12-14(4-2)7-5-6-8-14/h13,15H,3-12H2,1-2H3.